The molecule has 0 atom stereocenters. The van der Waals surface area contributed by atoms with Gasteiger partial charge in [0, 0.05) is 30.4 Å². The summed E-state index contributed by atoms with van der Waals surface area (Å²) in [6.45, 7) is 3.88. The van der Waals surface area contributed by atoms with Crippen LogP contribution in [0.2, 0.25) is 0 Å². The van der Waals surface area contributed by atoms with Crippen LogP contribution in [0.5, 0.6) is 0 Å². The van der Waals surface area contributed by atoms with Crippen LogP contribution in [0.4, 0.5) is 19.0 Å². The van der Waals surface area contributed by atoms with E-state index in [-0.39, 0.29) is 12.1 Å². The minimum atomic E-state index is -4.42. The summed E-state index contributed by atoms with van der Waals surface area (Å²) in [4.78, 5) is 23.1. The number of carbonyl (C=O) groups excluding carboxylic acids is 1. The van der Waals surface area contributed by atoms with E-state index in [1.165, 1.54) is 0 Å². The maximum Gasteiger partial charge on any atom is 0.416 e. The van der Waals surface area contributed by atoms with E-state index in [4.69, 9.17) is 0 Å². The maximum absolute atomic E-state index is 12.6. The Bertz CT molecular complexity index is 784. The van der Waals surface area contributed by atoms with Gasteiger partial charge in [0.1, 0.15) is 11.6 Å². The molecule has 2 aromatic rings. The van der Waals surface area contributed by atoms with Gasteiger partial charge in [-0.15, -0.1) is 0 Å². The number of aryl methyl sites for hydroxylation is 1. The van der Waals surface area contributed by atoms with E-state index in [0.29, 0.717) is 5.82 Å². The minimum Gasteiger partial charge on any atom is -0.357 e. The highest BCUT2D eigenvalue weighted by Gasteiger charge is 2.30. The van der Waals surface area contributed by atoms with E-state index in [9.17, 15) is 18.0 Å². The number of benzene rings is 1. The molecule has 0 unspecified atom stereocenters. The zero-order valence-electron chi connectivity index (χ0n) is 14.3. The lowest BCUT2D eigenvalue weighted by molar-refractivity contribution is -0.137. The number of carbonyl (C=O) groups is 1. The van der Waals surface area contributed by atoms with Crippen LogP contribution in [-0.2, 0) is 12.7 Å². The summed E-state index contributed by atoms with van der Waals surface area (Å²) in [5.74, 6) is 0.854. The minimum absolute atomic E-state index is 0.113. The Hall–Kier alpha value is -2.64. The average Bonchev–Trinajstić information content (AvgIpc) is 3.13. The van der Waals surface area contributed by atoms with Gasteiger partial charge in [0.25, 0.3) is 5.91 Å². The Morgan fingerprint density at radius 2 is 1.81 bits per heavy atom. The highest BCUT2D eigenvalue weighted by Crippen LogP contribution is 2.29. The average molecular weight is 364 g/mol. The number of anilines is 1. The van der Waals surface area contributed by atoms with Gasteiger partial charge in [-0.05, 0) is 44.0 Å². The molecule has 1 aromatic heterocycles. The number of hydrogen-bond acceptors (Lipinski definition) is 4. The number of nitrogens with zero attached hydrogens (tertiary/aromatic N) is 3. The fraction of sp³-hybridized carbons (Fsp3) is 0.389. The van der Waals surface area contributed by atoms with Crippen molar-refractivity contribution in [3.05, 3.63) is 53.0 Å². The van der Waals surface area contributed by atoms with Gasteiger partial charge in [-0.25, -0.2) is 9.97 Å². The predicted octanol–water partition coefficient (Wildman–Crippen LogP) is 3.33. The van der Waals surface area contributed by atoms with Gasteiger partial charge < -0.3 is 10.2 Å². The summed E-state index contributed by atoms with van der Waals surface area (Å²) in [6, 6.07) is 6.01. The fourth-order valence-corrected chi connectivity index (χ4v) is 2.87. The molecule has 26 heavy (non-hydrogen) atoms. The highest BCUT2D eigenvalue weighted by molar-refractivity contribution is 5.94. The predicted molar refractivity (Wildman–Crippen MR) is 90.8 cm³/mol. The SMILES string of the molecule is Cc1cc(N2CCCC2)nc(CNC(=O)c2ccc(C(F)(F)F)cc2)n1. The Labute approximate surface area is 149 Å². The maximum atomic E-state index is 12.6. The standard InChI is InChI=1S/C18H19F3N4O/c1-12-10-16(25-8-2-3-9-25)24-15(23-12)11-22-17(26)13-4-6-14(7-5-13)18(19,20)21/h4-7,10H,2-3,8-9,11H2,1H3,(H,22,26). The second-order valence-electron chi connectivity index (χ2n) is 6.24. The van der Waals surface area contributed by atoms with Crippen molar-refractivity contribution in [2.24, 2.45) is 0 Å². The number of hydrogen-bond donors (Lipinski definition) is 1. The normalized spacial score (nSPS) is 14.5. The van der Waals surface area contributed by atoms with Crippen molar-refractivity contribution in [1.29, 1.82) is 0 Å². The molecule has 1 aromatic carbocycles. The monoisotopic (exact) mass is 364 g/mol. The zero-order chi connectivity index (χ0) is 18.7. The number of halogens is 3. The van der Waals surface area contributed by atoms with Gasteiger partial charge >= 0.3 is 6.18 Å². The van der Waals surface area contributed by atoms with Crippen molar-refractivity contribution in [3.8, 4) is 0 Å². The quantitative estimate of drug-likeness (QED) is 0.904. The van der Waals surface area contributed by atoms with Crippen LogP contribution >= 0.6 is 0 Å². The number of alkyl halides is 3. The molecule has 1 amide bonds. The highest BCUT2D eigenvalue weighted by atomic mass is 19.4. The smallest absolute Gasteiger partial charge is 0.357 e. The van der Waals surface area contributed by atoms with E-state index in [1.54, 1.807) is 0 Å². The van der Waals surface area contributed by atoms with E-state index < -0.39 is 17.6 Å². The molecular weight excluding hydrogens is 345 g/mol. The van der Waals surface area contributed by atoms with Crippen molar-refractivity contribution < 1.29 is 18.0 Å². The van der Waals surface area contributed by atoms with E-state index in [2.05, 4.69) is 20.2 Å². The molecule has 2 heterocycles. The zero-order valence-corrected chi connectivity index (χ0v) is 14.3. The molecule has 0 aliphatic carbocycles. The van der Waals surface area contributed by atoms with Crippen LogP contribution < -0.4 is 10.2 Å². The molecule has 5 nitrogen and oxygen atoms in total. The Balaban J connectivity index is 1.65. The van der Waals surface area contributed by atoms with Gasteiger partial charge in [-0.1, -0.05) is 0 Å². The number of rotatable bonds is 4. The van der Waals surface area contributed by atoms with E-state index >= 15 is 0 Å². The summed E-state index contributed by atoms with van der Waals surface area (Å²) in [6.07, 6.45) is -2.16. The summed E-state index contributed by atoms with van der Waals surface area (Å²) in [7, 11) is 0. The molecular formula is C18H19F3N4O. The third kappa shape index (κ3) is 4.30. The first-order chi connectivity index (χ1) is 12.3. The molecule has 1 fully saturated rings. The third-order valence-electron chi connectivity index (χ3n) is 4.20. The van der Waals surface area contributed by atoms with E-state index in [1.807, 2.05) is 13.0 Å². The lowest BCUT2D eigenvalue weighted by atomic mass is 10.1. The van der Waals surface area contributed by atoms with Crippen LogP contribution in [0.1, 0.15) is 40.3 Å². The Morgan fingerprint density at radius 3 is 2.42 bits per heavy atom. The topological polar surface area (TPSA) is 58.1 Å². The molecule has 8 heteroatoms. The van der Waals surface area contributed by atoms with Crippen molar-refractivity contribution >= 4 is 11.7 Å². The first-order valence-electron chi connectivity index (χ1n) is 8.38. The molecule has 0 spiro atoms. The molecule has 3 rings (SSSR count). The van der Waals surface area contributed by atoms with Crippen molar-refractivity contribution in [1.82, 2.24) is 15.3 Å². The summed E-state index contributed by atoms with van der Waals surface area (Å²) in [5.41, 5.74) is 0.178. The summed E-state index contributed by atoms with van der Waals surface area (Å²) < 4.78 is 37.7. The fourth-order valence-electron chi connectivity index (χ4n) is 2.87. The molecule has 1 saturated heterocycles. The van der Waals surface area contributed by atoms with Crippen LogP contribution in [0, 0.1) is 6.92 Å². The first kappa shape index (κ1) is 18.2. The molecule has 0 radical (unpaired) electrons. The van der Waals surface area contributed by atoms with Crippen LogP contribution in [0.15, 0.2) is 30.3 Å². The Morgan fingerprint density at radius 1 is 1.15 bits per heavy atom. The molecule has 1 aliphatic rings. The lowest BCUT2D eigenvalue weighted by Crippen LogP contribution is -2.25. The lowest BCUT2D eigenvalue weighted by Gasteiger charge is -2.17. The van der Waals surface area contributed by atoms with Gasteiger partial charge in [-0.2, -0.15) is 13.2 Å². The molecule has 0 saturated carbocycles. The number of nitrogens with one attached hydrogen (secondary N) is 1. The van der Waals surface area contributed by atoms with Gasteiger partial charge in [-0.3, -0.25) is 4.79 Å². The van der Waals surface area contributed by atoms with Crippen LogP contribution in [0.3, 0.4) is 0 Å². The van der Waals surface area contributed by atoms with Crippen molar-refractivity contribution in [3.63, 3.8) is 0 Å². The summed E-state index contributed by atoms with van der Waals surface area (Å²) in [5, 5.41) is 2.65. The first-order valence-corrected chi connectivity index (χ1v) is 8.38. The van der Waals surface area contributed by atoms with Crippen LogP contribution in [-0.4, -0.2) is 29.0 Å². The van der Waals surface area contributed by atoms with E-state index in [0.717, 1.165) is 61.7 Å². The van der Waals surface area contributed by atoms with Crippen molar-refractivity contribution in [2.75, 3.05) is 18.0 Å². The van der Waals surface area contributed by atoms with Gasteiger partial charge in [0.15, 0.2) is 0 Å². The van der Waals surface area contributed by atoms with Gasteiger partial charge in [0.2, 0.25) is 0 Å². The largest absolute Gasteiger partial charge is 0.416 e. The molecule has 0 bridgehead atoms. The second kappa shape index (κ2) is 7.31. The molecule has 1 N–H and O–H groups in total. The summed E-state index contributed by atoms with van der Waals surface area (Å²) >= 11 is 0. The second-order valence-corrected chi connectivity index (χ2v) is 6.24. The van der Waals surface area contributed by atoms with Crippen molar-refractivity contribution in [2.45, 2.75) is 32.5 Å². The van der Waals surface area contributed by atoms with Gasteiger partial charge in [0.05, 0.1) is 12.1 Å². The number of amides is 1. The molecule has 1 aliphatic heterocycles. The van der Waals surface area contributed by atoms with Crippen LogP contribution in [0.25, 0.3) is 0 Å². The molecule has 138 valence electrons. The third-order valence-corrected chi connectivity index (χ3v) is 4.20. The number of aromatic nitrogens is 2. The Kier molecular flexibility index (Phi) is 5.11.